The number of ether oxygens (including phenoxy) is 2. The maximum absolute atomic E-state index is 15.0. The number of hydrogen-bond donors (Lipinski definition) is 3. The number of nitrogens with zero attached hydrogens (tertiary/aromatic N) is 1. The third-order valence-corrected chi connectivity index (χ3v) is 9.28. The molecule has 1 unspecified atom stereocenters. The van der Waals surface area contributed by atoms with Gasteiger partial charge in [-0.05, 0) is 73.9 Å². The van der Waals surface area contributed by atoms with Gasteiger partial charge in [-0.3, -0.25) is 14.6 Å². The Morgan fingerprint density at radius 1 is 0.917 bits per heavy atom. The summed E-state index contributed by atoms with van der Waals surface area (Å²) in [4.78, 5) is 41.3. The van der Waals surface area contributed by atoms with Crippen molar-refractivity contribution in [2.75, 3.05) is 18.5 Å². The third-order valence-electron chi connectivity index (χ3n) is 9.28. The number of benzene rings is 2. The lowest BCUT2D eigenvalue weighted by atomic mass is 9.84. The zero-order chi connectivity index (χ0) is 34.0. The van der Waals surface area contributed by atoms with Crippen LogP contribution in [0, 0.1) is 29.3 Å². The van der Waals surface area contributed by atoms with Gasteiger partial charge in [0.15, 0.2) is 0 Å². The standard InChI is InChI=1S/C36H41F3N4O5/c37-25-10-6-23(7-11-25)30(24-8-12-26(38)13-9-24)17-34(44)42-33-19-41-18-31(39)28(33)16-15-27-14-5-22(20-47-27)21-48-36(46)43-32-4-2-1-3-29(32)35(40)45/h6-13,18-19,22,27,29-30,32H,1-5,14-17,20-21H2,(H2,40,45)(H,42,44)(H,43,46)/t22-,27-,29-,32?/m0/s1. The molecule has 256 valence electrons. The molecule has 0 spiro atoms. The van der Waals surface area contributed by atoms with Crippen LogP contribution in [0.4, 0.5) is 23.7 Å². The van der Waals surface area contributed by atoms with Crippen molar-refractivity contribution in [3.05, 3.63) is 95.1 Å². The van der Waals surface area contributed by atoms with E-state index < -0.39 is 41.3 Å². The molecule has 1 aliphatic heterocycles. The summed E-state index contributed by atoms with van der Waals surface area (Å²) in [5.74, 6) is -3.07. The van der Waals surface area contributed by atoms with Crippen LogP contribution in [0.5, 0.6) is 0 Å². The number of carbonyl (C=O) groups is 3. The number of rotatable bonds is 12. The van der Waals surface area contributed by atoms with Gasteiger partial charge >= 0.3 is 6.09 Å². The molecule has 1 saturated carbocycles. The molecule has 0 radical (unpaired) electrons. The van der Waals surface area contributed by atoms with Crippen molar-refractivity contribution < 1.29 is 37.0 Å². The summed E-state index contributed by atoms with van der Waals surface area (Å²) in [7, 11) is 0. The Balaban J connectivity index is 1.11. The highest BCUT2D eigenvalue weighted by Gasteiger charge is 2.31. The lowest BCUT2D eigenvalue weighted by Crippen LogP contribution is -2.47. The molecule has 4 N–H and O–H groups in total. The second kappa shape index (κ2) is 16.6. The third kappa shape index (κ3) is 9.56. The van der Waals surface area contributed by atoms with Gasteiger partial charge in [0.1, 0.15) is 17.5 Å². The van der Waals surface area contributed by atoms with E-state index in [2.05, 4.69) is 15.6 Å². The molecule has 1 saturated heterocycles. The number of carbonyl (C=O) groups excluding carboxylic acids is 3. The Bertz CT molecular complexity index is 1500. The van der Waals surface area contributed by atoms with Crippen LogP contribution >= 0.6 is 0 Å². The van der Waals surface area contributed by atoms with Gasteiger partial charge < -0.3 is 25.8 Å². The largest absolute Gasteiger partial charge is 0.449 e. The summed E-state index contributed by atoms with van der Waals surface area (Å²) >= 11 is 0. The number of amides is 3. The number of alkyl carbamates (subject to hydrolysis) is 1. The molecule has 1 aliphatic carbocycles. The number of hydrogen-bond acceptors (Lipinski definition) is 6. The number of pyridine rings is 1. The fourth-order valence-electron chi connectivity index (χ4n) is 6.58. The average molecular weight is 667 g/mol. The Hall–Kier alpha value is -4.45. The van der Waals surface area contributed by atoms with Crippen LogP contribution in [0.15, 0.2) is 60.9 Å². The van der Waals surface area contributed by atoms with E-state index in [4.69, 9.17) is 15.2 Å². The molecule has 48 heavy (non-hydrogen) atoms. The minimum absolute atomic E-state index is 0.00737. The van der Waals surface area contributed by atoms with E-state index in [9.17, 15) is 27.6 Å². The number of aromatic nitrogens is 1. The summed E-state index contributed by atoms with van der Waals surface area (Å²) in [6, 6.07) is 11.2. The summed E-state index contributed by atoms with van der Waals surface area (Å²) in [6.07, 6.45) is 7.14. The number of halogens is 3. The zero-order valence-electron chi connectivity index (χ0n) is 26.6. The Morgan fingerprint density at radius 3 is 2.21 bits per heavy atom. The highest BCUT2D eigenvalue weighted by Crippen LogP contribution is 2.31. The van der Waals surface area contributed by atoms with Crippen molar-refractivity contribution in [2.45, 2.75) is 75.9 Å². The van der Waals surface area contributed by atoms with Gasteiger partial charge in [0.2, 0.25) is 11.8 Å². The summed E-state index contributed by atoms with van der Waals surface area (Å²) < 4.78 is 53.7. The van der Waals surface area contributed by atoms with Crippen molar-refractivity contribution in [3.63, 3.8) is 0 Å². The van der Waals surface area contributed by atoms with E-state index in [1.807, 2.05) is 0 Å². The van der Waals surface area contributed by atoms with Crippen LogP contribution < -0.4 is 16.4 Å². The predicted octanol–water partition coefficient (Wildman–Crippen LogP) is 6.16. The minimum atomic E-state index is -0.570. The predicted molar refractivity (Wildman–Crippen MR) is 172 cm³/mol. The van der Waals surface area contributed by atoms with Crippen molar-refractivity contribution in [1.82, 2.24) is 10.3 Å². The molecular weight excluding hydrogens is 625 g/mol. The molecule has 3 aromatic rings. The van der Waals surface area contributed by atoms with E-state index in [0.717, 1.165) is 25.5 Å². The molecule has 3 amide bonds. The lowest BCUT2D eigenvalue weighted by Gasteiger charge is -2.31. The smallest absolute Gasteiger partial charge is 0.407 e. The summed E-state index contributed by atoms with van der Waals surface area (Å²) in [5.41, 5.74) is 7.40. The first-order chi connectivity index (χ1) is 23.2. The Morgan fingerprint density at radius 2 is 1.58 bits per heavy atom. The number of anilines is 1. The van der Waals surface area contributed by atoms with Crippen LogP contribution in [-0.2, 0) is 25.5 Å². The molecule has 2 aliphatic rings. The van der Waals surface area contributed by atoms with E-state index in [1.54, 1.807) is 24.3 Å². The molecule has 4 atom stereocenters. The quantitative estimate of drug-likeness (QED) is 0.212. The van der Waals surface area contributed by atoms with Gasteiger partial charge in [0.05, 0.1) is 43.3 Å². The second-order valence-corrected chi connectivity index (χ2v) is 12.6. The highest BCUT2D eigenvalue weighted by atomic mass is 19.1. The lowest BCUT2D eigenvalue weighted by molar-refractivity contribution is -0.123. The summed E-state index contributed by atoms with van der Waals surface area (Å²) in [5, 5.41) is 5.59. The van der Waals surface area contributed by atoms with Crippen LogP contribution in [0.25, 0.3) is 0 Å². The van der Waals surface area contributed by atoms with Gasteiger partial charge in [-0.25, -0.2) is 18.0 Å². The van der Waals surface area contributed by atoms with Crippen LogP contribution in [0.2, 0.25) is 0 Å². The molecule has 2 fully saturated rings. The van der Waals surface area contributed by atoms with Crippen LogP contribution in [0.3, 0.4) is 0 Å². The molecule has 1 aromatic heterocycles. The van der Waals surface area contributed by atoms with Gasteiger partial charge in [0, 0.05) is 29.9 Å². The molecule has 9 nitrogen and oxygen atoms in total. The molecule has 12 heteroatoms. The monoisotopic (exact) mass is 666 g/mol. The maximum Gasteiger partial charge on any atom is 0.407 e. The molecular formula is C36H41F3N4O5. The topological polar surface area (TPSA) is 133 Å². The number of primary amides is 1. The first-order valence-corrected chi connectivity index (χ1v) is 16.4. The van der Waals surface area contributed by atoms with Crippen molar-refractivity contribution in [3.8, 4) is 0 Å². The van der Waals surface area contributed by atoms with Crippen LogP contribution in [0.1, 0.15) is 74.0 Å². The van der Waals surface area contributed by atoms with E-state index in [-0.39, 0.29) is 42.7 Å². The van der Waals surface area contributed by atoms with Crippen molar-refractivity contribution >= 4 is 23.6 Å². The summed E-state index contributed by atoms with van der Waals surface area (Å²) in [6.45, 7) is 0.556. The average Bonchev–Trinajstić information content (AvgIpc) is 3.07. The van der Waals surface area contributed by atoms with E-state index >= 15 is 0 Å². The van der Waals surface area contributed by atoms with Crippen molar-refractivity contribution in [2.24, 2.45) is 17.6 Å². The van der Waals surface area contributed by atoms with Gasteiger partial charge in [-0.15, -0.1) is 0 Å². The minimum Gasteiger partial charge on any atom is -0.449 e. The fourth-order valence-corrected chi connectivity index (χ4v) is 6.58. The van der Waals surface area contributed by atoms with Gasteiger partial charge in [-0.2, -0.15) is 0 Å². The molecule has 2 heterocycles. The number of nitrogens with two attached hydrogens (primary N) is 1. The SMILES string of the molecule is NC(=O)[C@H]1CCCCC1NC(=O)OC[C@H]1CC[C@@H](CCc2c(F)cncc2NC(=O)CC(c2ccc(F)cc2)c2ccc(F)cc2)OC1. The molecule has 5 rings (SSSR count). The number of nitrogens with one attached hydrogen (secondary N) is 2. The van der Waals surface area contributed by atoms with E-state index in [1.165, 1.54) is 30.5 Å². The molecule has 0 bridgehead atoms. The second-order valence-electron chi connectivity index (χ2n) is 12.6. The van der Waals surface area contributed by atoms with E-state index in [0.29, 0.717) is 55.4 Å². The highest BCUT2D eigenvalue weighted by molar-refractivity contribution is 5.92. The van der Waals surface area contributed by atoms with Crippen molar-refractivity contribution in [1.29, 1.82) is 0 Å². The fraction of sp³-hybridized carbons (Fsp3) is 0.444. The normalized spacial score (nSPS) is 21.0. The maximum atomic E-state index is 15.0. The van der Waals surface area contributed by atoms with Gasteiger partial charge in [-0.1, -0.05) is 37.1 Å². The zero-order valence-corrected chi connectivity index (χ0v) is 26.6. The van der Waals surface area contributed by atoms with Crippen LogP contribution in [-0.4, -0.2) is 48.3 Å². The first-order valence-electron chi connectivity index (χ1n) is 16.4. The Labute approximate surface area is 277 Å². The van der Waals surface area contributed by atoms with Gasteiger partial charge in [0.25, 0.3) is 0 Å². The first kappa shape index (κ1) is 34.9. The molecule has 2 aromatic carbocycles. The Kier molecular flexibility index (Phi) is 12.1.